The van der Waals surface area contributed by atoms with Crippen LogP contribution in [0.2, 0.25) is 0 Å². The van der Waals surface area contributed by atoms with Crippen molar-refractivity contribution in [1.29, 1.82) is 0 Å². The molecule has 0 saturated carbocycles. The maximum atomic E-state index is 13.2. The lowest BCUT2D eigenvalue weighted by Gasteiger charge is -2.22. The Hall–Kier alpha value is -4.49. The lowest BCUT2D eigenvalue weighted by molar-refractivity contribution is -0.384. The summed E-state index contributed by atoms with van der Waals surface area (Å²) in [5.74, 6) is -1.25. The van der Waals surface area contributed by atoms with Crippen LogP contribution in [0, 0.1) is 10.1 Å². The lowest BCUT2D eigenvalue weighted by Crippen LogP contribution is -2.33. The van der Waals surface area contributed by atoms with Gasteiger partial charge in [-0.2, -0.15) is 0 Å². The molecule has 11 nitrogen and oxygen atoms in total. The Kier molecular flexibility index (Phi) is 10.3. The summed E-state index contributed by atoms with van der Waals surface area (Å²) < 4.78 is 6.66. The number of hydrogen-bond donors (Lipinski definition) is 1. The number of ketones is 1. The van der Waals surface area contributed by atoms with Gasteiger partial charge in [0.2, 0.25) is 0 Å². The smallest absolute Gasteiger partial charge is 0.293 e. The maximum Gasteiger partial charge on any atom is 0.293 e. The van der Waals surface area contributed by atoms with Gasteiger partial charge in [0.15, 0.2) is 12.4 Å². The van der Waals surface area contributed by atoms with Crippen LogP contribution in [0.5, 0.6) is 5.75 Å². The Morgan fingerprint density at radius 2 is 1.79 bits per heavy atom. The van der Waals surface area contributed by atoms with E-state index in [4.69, 9.17) is 4.74 Å². The molecule has 0 radical (unpaired) electrons. The molecule has 0 bridgehead atoms. The highest BCUT2D eigenvalue weighted by molar-refractivity contribution is 9.10. The quantitative estimate of drug-likeness (QED) is 0.104. The van der Waals surface area contributed by atoms with Gasteiger partial charge in [0.05, 0.1) is 16.4 Å². The average Bonchev–Trinajstić information content (AvgIpc) is 3.25. The molecule has 1 heterocycles. The third-order valence-electron chi connectivity index (χ3n) is 6.45. The number of nitro benzene ring substituents is 1. The van der Waals surface area contributed by atoms with Crippen molar-refractivity contribution in [3.05, 3.63) is 97.3 Å². The molecule has 1 aliphatic heterocycles. The number of nitro groups is 1. The summed E-state index contributed by atoms with van der Waals surface area (Å²) in [6.07, 6.45) is 1.49. The number of carbonyl (C=O) groups excluding carboxylic acids is 4. The molecule has 1 saturated heterocycles. The fourth-order valence-corrected chi connectivity index (χ4v) is 5.33. The van der Waals surface area contributed by atoms with Crippen LogP contribution in [0.3, 0.4) is 0 Å². The minimum Gasteiger partial charge on any atom is -0.483 e. The number of carbonyl (C=O) groups is 4. The van der Waals surface area contributed by atoms with Crippen LogP contribution < -0.4 is 15.0 Å². The molecule has 0 aromatic heterocycles. The first-order valence-electron chi connectivity index (χ1n) is 13.2. The van der Waals surface area contributed by atoms with Crippen molar-refractivity contribution in [2.45, 2.75) is 13.8 Å². The predicted molar refractivity (Wildman–Crippen MR) is 168 cm³/mol. The van der Waals surface area contributed by atoms with Crippen molar-refractivity contribution in [3.63, 3.8) is 0 Å². The summed E-state index contributed by atoms with van der Waals surface area (Å²) >= 11 is 4.02. The van der Waals surface area contributed by atoms with E-state index in [0.29, 0.717) is 36.0 Å². The topological polar surface area (TPSA) is 139 Å². The predicted octanol–water partition coefficient (Wildman–Crippen LogP) is 6.14. The molecular weight excluding hydrogens is 640 g/mol. The zero-order valence-electron chi connectivity index (χ0n) is 23.2. The molecule has 3 amide bonds. The number of amides is 3. The number of non-ortho nitro benzene ring substituents is 1. The van der Waals surface area contributed by atoms with E-state index >= 15 is 0 Å². The van der Waals surface area contributed by atoms with Crippen molar-refractivity contribution in [2.75, 3.05) is 36.5 Å². The summed E-state index contributed by atoms with van der Waals surface area (Å²) in [7, 11) is 0. The SMILES string of the molecule is CCN(CC)c1ccc(/C=C2/SC(=O)N(CC(=O)c3ccc(Br)cc3)C2=O)c(OCC(=O)Nc2cccc([N+](=O)[O-])c2)c1. The Bertz CT molecular complexity index is 1610. The number of rotatable bonds is 12. The highest BCUT2D eigenvalue weighted by atomic mass is 79.9. The van der Waals surface area contributed by atoms with Crippen LogP contribution in [0.1, 0.15) is 29.8 Å². The number of hydrogen-bond acceptors (Lipinski definition) is 9. The molecule has 222 valence electrons. The van der Waals surface area contributed by atoms with Crippen LogP contribution in [-0.2, 0) is 9.59 Å². The molecule has 13 heteroatoms. The monoisotopic (exact) mass is 666 g/mol. The fourth-order valence-electron chi connectivity index (χ4n) is 4.24. The lowest BCUT2D eigenvalue weighted by atomic mass is 10.1. The molecule has 0 spiro atoms. The summed E-state index contributed by atoms with van der Waals surface area (Å²) in [4.78, 5) is 64.8. The molecule has 0 atom stereocenters. The number of ether oxygens (including phenoxy) is 1. The van der Waals surface area contributed by atoms with Gasteiger partial charge in [-0.25, -0.2) is 0 Å². The van der Waals surface area contributed by atoms with E-state index in [-0.39, 0.29) is 27.8 Å². The summed E-state index contributed by atoms with van der Waals surface area (Å²) in [6.45, 7) is 4.60. The third-order valence-corrected chi connectivity index (χ3v) is 7.89. The number of benzene rings is 3. The van der Waals surface area contributed by atoms with Crippen LogP contribution >= 0.6 is 27.7 Å². The Labute approximate surface area is 260 Å². The van der Waals surface area contributed by atoms with Crippen molar-refractivity contribution >= 4 is 73.7 Å². The maximum absolute atomic E-state index is 13.2. The number of halogens is 1. The van der Waals surface area contributed by atoms with Gasteiger partial charge in [-0.05, 0) is 62.0 Å². The number of nitrogens with zero attached hydrogens (tertiary/aromatic N) is 3. The molecule has 0 unspecified atom stereocenters. The van der Waals surface area contributed by atoms with Crippen LogP contribution in [0.4, 0.5) is 21.9 Å². The molecule has 1 aliphatic rings. The molecule has 0 aliphatic carbocycles. The van der Waals surface area contributed by atoms with E-state index in [0.717, 1.165) is 15.1 Å². The first kappa shape index (κ1) is 31.4. The molecule has 1 fully saturated rings. The molecule has 4 rings (SSSR count). The fraction of sp³-hybridized carbons (Fsp3) is 0.200. The molecule has 1 N–H and O–H groups in total. The standard InChI is InChI=1S/C30H27BrN4O7S/c1-3-33(4-2)23-13-10-20(26(16-23)42-18-28(37)32-22-6-5-7-24(15-22)35(40)41)14-27-29(38)34(30(39)43-27)17-25(36)19-8-11-21(31)12-9-19/h5-16H,3-4,17-18H2,1-2H3,(H,32,37)/b27-14+. The second-order valence-electron chi connectivity index (χ2n) is 9.24. The van der Waals surface area contributed by atoms with Gasteiger partial charge in [0, 0.05) is 58.3 Å². The Morgan fingerprint density at radius 1 is 1.07 bits per heavy atom. The summed E-state index contributed by atoms with van der Waals surface area (Å²) in [6, 6.07) is 17.5. The second-order valence-corrected chi connectivity index (χ2v) is 11.1. The number of thioether (sulfide) groups is 1. The van der Waals surface area contributed by atoms with E-state index in [1.807, 2.05) is 19.9 Å². The molecule has 3 aromatic rings. The minimum absolute atomic E-state index is 0.107. The van der Waals surface area contributed by atoms with E-state index in [2.05, 4.69) is 26.1 Å². The third kappa shape index (κ3) is 7.87. The molecule has 3 aromatic carbocycles. The van der Waals surface area contributed by atoms with Gasteiger partial charge in [-0.15, -0.1) is 0 Å². The van der Waals surface area contributed by atoms with Crippen LogP contribution in [0.25, 0.3) is 6.08 Å². The number of Topliss-reactive ketones (excluding diaryl/α,β-unsaturated/α-hetero) is 1. The Morgan fingerprint density at radius 3 is 2.47 bits per heavy atom. The zero-order chi connectivity index (χ0) is 31.1. The summed E-state index contributed by atoms with van der Waals surface area (Å²) in [5.41, 5.74) is 1.72. The van der Waals surface area contributed by atoms with E-state index < -0.39 is 35.1 Å². The number of nitrogens with one attached hydrogen (secondary N) is 1. The van der Waals surface area contributed by atoms with Crippen molar-refractivity contribution in [1.82, 2.24) is 4.90 Å². The van der Waals surface area contributed by atoms with E-state index in [1.54, 1.807) is 36.4 Å². The first-order chi connectivity index (χ1) is 20.6. The van der Waals surface area contributed by atoms with Crippen LogP contribution in [-0.4, -0.2) is 58.9 Å². The van der Waals surface area contributed by atoms with Gasteiger partial charge in [0.25, 0.3) is 22.7 Å². The summed E-state index contributed by atoms with van der Waals surface area (Å²) in [5, 5.41) is 13.1. The second kappa shape index (κ2) is 14.1. The van der Waals surface area contributed by atoms with Crippen molar-refractivity contribution < 1.29 is 28.8 Å². The Balaban J connectivity index is 1.54. The van der Waals surface area contributed by atoms with Gasteiger partial charge in [0.1, 0.15) is 5.75 Å². The first-order valence-corrected chi connectivity index (χ1v) is 14.8. The highest BCUT2D eigenvalue weighted by Gasteiger charge is 2.36. The van der Waals surface area contributed by atoms with Gasteiger partial charge >= 0.3 is 0 Å². The van der Waals surface area contributed by atoms with Crippen LogP contribution in [0.15, 0.2) is 76.1 Å². The van der Waals surface area contributed by atoms with E-state index in [1.165, 1.54) is 30.3 Å². The largest absolute Gasteiger partial charge is 0.483 e. The van der Waals surface area contributed by atoms with E-state index in [9.17, 15) is 29.3 Å². The molecule has 43 heavy (non-hydrogen) atoms. The number of anilines is 2. The normalized spacial score (nSPS) is 13.7. The molecular formula is C30H27BrN4O7S. The minimum atomic E-state index is -0.609. The average molecular weight is 668 g/mol. The van der Waals surface area contributed by atoms with Gasteiger partial charge in [-0.3, -0.25) is 34.2 Å². The van der Waals surface area contributed by atoms with Gasteiger partial charge < -0.3 is 15.0 Å². The van der Waals surface area contributed by atoms with Crippen molar-refractivity contribution in [3.8, 4) is 5.75 Å². The highest BCUT2D eigenvalue weighted by Crippen LogP contribution is 2.35. The number of imide groups is 1. The van der Waals surface area contributed by atoms with Gasteiger partial charge in [-0.1, -0.05) is 34.1 Å². The van der Waals surface area contributed by atoms with Crippen molar-refractivity contribution in [2.24, 2.45) is 0 Å². The zero-order valence-corrected chi connectivity index (χ0v) is 25.6.